The molecule has 0 saturated heterocycles. The Kier molecular flexibility index (Phi) is 4.12. The maximum Gasteiger partial charge on any atom is 0.0795 e. The molecule has 6 rings (SSSR count). The van der Waals surface area contributed by atoms with Crippen molar-refractivity contribution >= 4 is 64.7 Å². The van der Waals surface area contributed by atoms with Crippen molar-refractivity contribution in [1.82, 2.24) is 4.98 Å². The monoisotopic (exact) mass is 445 g/mol. The van der Waals surface area contributed by atoms with E-state index in [1.807, 2.05) is 40.6 Å². The molecule has 0 saturated carbocycles. The zero-order valence-corrected chi connectivity index (χ0v) is 20.0. The van der Waals surface area contributed by atoms with Crippen LogP contribution in [0.25, 0.3) is 41.5 Å². The van der Waals surface area contributed by atoms with Crippen LogP contribution in [0.15, 0.2) is 52.9 Å². The van der Waals surface area contributed by atoms with Gasteiger partial charge in [-0.2, -0.15) is 0 Å². The van der Waals surface area contributed by atoms with Gasteiger partial charge in [0.25, 0.3) is 0 Å². The van der Waals surface area contributed by atoms with E-state index in [1.165, 1.54) is 51.8 Å². The fourth-order valence-corrected chi connectivity index (χ4v) is 8.24. The highest BCUT2D eigenvalue weighted by molar-refractivity contribution is 8.00. The molecule has 2 aromatic carbocycles. The number of rotatable bonds is 1. The summed E-state index contributed by atoms with van der Waals surface area (Å²) >= 11 is 5.78. The van der Waals surface area contributed by atoms with E-state index in [4.69, 9.17) is 4.98 Å². The highest BCUT2D eigenvalue weighted by Crippen LogP contribution is 2.49. The van der Waals surface area contributed by atoms with Crippen molar-refractivity contribution in [2.45, 2.75) is 49.7 Å². The smallest absolute Gasteiger partial charge is 0.0795 e. The second-order valence-corrected chi connectivity index (χ2v) is 12.8. The molecule has 5 aromatic rings. The first-order valence-electron chi connectivity index (χ1n) is 10.4. The predicted molar refractivity (Wildman–Crippen MR) is 136 cm³/mol. The summed E-state index contributed by atoms with van der Waals surface area (Å²) in [6.45, 7) is 9.27. The minimum Gasteiger partial charge on any atom is -0.256 e. The molecular weight excluding hydrogens is 422 g/mol. The fraction of sp³-hybridized carbons (Fsp3) is 0.269. The molecule has 0 aliphatic carbocycles. The van der Waals surface area contributed by atoms with E-state index >= 15 is 0 Å². The van der Waals surface area contributed by atoms with Crippen LogP contribution in [0, 0.1) is 0 Å². The summed E-state index contributed by atoms with van der Waals surface area (Å²) in [6.07, 6.45) is 3.15. The predicted octanol–water partition coefficient (Wildman–Crippen LogP) is 8.67. The van der Waals surface area contributed by atoms with Crippen molar-refractivity contribution in [3.8, 4) is 11.3 Å². The minimum atomic E-state index is 0.0935. The zero-order valence-electron chi connectivity index (χ0n) is 17.6. The molecule has 1 unspecified atom stereocenters. The maximum absolute atomic E-state index is 4.96. The van der Waals surface area contributed by atoms with Gasteiger partial charge in [0.15, 0.2) is 0 Å². The Morgan fingerprint density at radius 3 is 2.67 bits per heavy atom. The first-order valence-corrected chi connectivity index (χ1v) is 13.0. The summed E-state index contributed by atoms with van der Waals surface area (Å²) in [6, 6.07) is 13.8. The molecule has 0 radical (unpaired) electrons. The van der Waals surface area contributed by atoms with E-state index < -0.39 is 0 Å². The van der Waals surface area contributed by atoms with E-state index in [1.54, 1.807) is 0 Å². The molecule has 30 heavy (non-hydrogen) atoms. The fourth-order valence-electron chi connectivity index (χ4n) is 4.66. The molecule has 4 heterocycles. The molecule has 1 nitrogen and oxygen atoms in total. The minimum absolute atomic E-state index is 0.0935. The highest BCUT2D eigenvalue weighted by Gasteiger charge is 2.25. The van der Waals surface area contributed by atoms with Crippen LogP contribution in [0.2, 0.25) is 0 Å². The van der Waals surface area contributed by atoms with Crippen LogP contribution in [0.5, 0.6) is 0 Å². The molecule has 0 bridgehead atoms. The average Bonchev–Trinajstić information content (AvgIpc) is 3.40. The standard InChI is InChI=1S/C26H23NS3/c1-14-11-15-5-6-19-22(25(15)29-14)21-20(30-19)7-9-27-23(21)17-12-16-8-10-28-24(16)18(13-17)26(2,3)4/h5-10,12-14H,11H2,1-4H3. The molecule has 3 aromatic heterocycles. The van der Waals surface area contributed by atoms with Gasteiger partial charge in [-0.1, -0.05) is 33.8 Å². The Morgan fingerprint density at radius 2 is 1.83 bits per heavy atom. The van der Waals surface area contributed by atoms with E-state index in [9.17, 15) is 0 Å². The largest absolute Gasteiger partial charge is 0.256 e. The number of nitrogens with zero attached hydrogens (tertiary/aromatic N) is 1. The lowest BCUT2D eigenvalue weighted by Gasteiger charge is -2.21. The van der Waals surface area contributed by atoms with Gasteiger partial charge in [-0.25, -0.2) is 0 Å². The van der Waals surface area contributed by atoms with Crippen LogP contribution in [0.4, 0.5) is 0 Å². The normalized spacial score (nSPS) is 16.7. The Labute approximate surface area is 189 Å². The van der Waals surface area contributed by atoms with Crippen molar-refractivity contribution in [2.75, 3.05) is 0 Å². The molecule has 0 amide bonds. The summed E-state index contributed by atoms with van der Waals surface area (Å²) in [7, 11) is 0. The number of hydrogen-bond acceptors (Lipinski definition) is 4. The Bertz CT molecular complexity index is 1450. The Hall–Kier alpha value is -1.88. The maximum atomic E-state index is 4.96. The van der Waals surface area contributed by atoms with Gasteiger partial charge < -0.3 is 0 Å². The van der Waals surface area contributed by atoms with Gasteiger partial charge in [0.2, 0.25) is 0 Å². The summed E-state index contributed by atoms with van der Waals surface area (Å²) in [4.78, 5) is 6.44. The third kappa shape index (κ3) is 2.77. The van der Waals surface area contributed by atoms with Gasteiger partial charge in [0.05, 0.1) is 5.69 Å². The molecule has 150 valence electrons. The van der Waals surface area contributed by atoms with Crippen LogP contribution in [-0.4, -0.2) is 10.2 Å². The van der Waals surface area contributed by atoms with Crippen LogP contribution in [0.3, 0.4) is 0 Å². The van der Waals surface area contributed by atoms with E-state index in [-0.39, 0.29) is 5.41 Å². The SMILES string of the molecule is CC1Cc2ccc3sc4ccnc(-c5cc(C(C)(C)C)c6sccc6c5)c4c3c2S1. The Morgan fingerprint density at radius 1 is 1.00 bits per heavy atom. The number of benzene rings is 2. The summed E-state index contributed by atoms with van der Waals surface area (Å²) in [5, 5.41) is 6.95. The third-order valence-corrected chi connectivity index (χ3v) is 9.40. The first kappa shape index (κ1) is 18.9. The van der Waals surface area contributed by atoms with Crippen molar-refractivity contribution in [2.24, 2.45) is 0 Å². The number of hydrogen-bond donors (Lipinski definition) is 0. The molecular formula is C26H23NS3. The molecule has 0 spiro atoms. The number of pyridine rings is 1. The number of thiophene rings is 2. The topological polar surface area (TPSA) is 12.9 Å². The molecule has 1 aliphatic rings. The first-order chi connectivity index (χ1) is 14.4. The van der Waals surface area contributed by atoms with Crippen LogP contribution in [-0.2, 0) is 11.8 Å². The zero-order chi connectivity index (χ0) is 20.6. The van der Waals surface area contributed by atoms with Gasteiger partial charge in [0, 0.05) is 46.8 Å². The number of aromatic nitrogens is 1. The molecule has 1 aliphatic heterocycles. The van der Waals surface area contributed by atoms with Gasteiger partial charge >= 0.3 is 0 Å². The Balaban J connectivity index is 1.71. The van der Waals surface area contributed by atoms with Gasteiger partial charge in [-0.3, -0.25) is 4.98 Å². The van der Waals surface area contributed by atoms with Crippen molar-refractivity contribution in [1.29, 1.82) is 0 Å². The number of fused-ring (bicyclic) bond motifs is 6. The van der Waals surface area contributed by atoms with Gasteiger partial charge in [0.1, 0.15) is 0 Å². The second kappa shape index (κ2) is 6.56. The van der Waals surface area contributed by atoms with Crippen molar-refractivity contribution in [3.05, 3.63) is 59.1 Å². The molecule has 0 fully saturated rings. The second-order valence-electron chi connectivity index (χ2n) is 9.31. The van der Waals surface area contributed by atoms with Crippen LogP contribution in [0.1, 0.15) is 38.8 Å². The summed E-state index contributed by atoms with van der Waals surface area (Å²) in [5.41, 5.74) is 5.38. The van der Waals surface area contributed by atoms with Crippen molar-refractivity contribution in [3.63, 3.8) is 0 Å². The van der Waals surface area contributed by atoms with Crippen LogP contribution < -0.4 is 0 Å². The quantitative estimate of drug-likeness (QED) is 0.256. The number of thioether (sulfide) groups is 1. The highest BCUT2D eigenvalue weighted by atomic mass is 32.2. The lowest BCUT2D eigenvalue weighted by Crippen LogP contribution is -2.11. The van der Waals surface area contributed by atoms with Crippen molar-refractivity contribution < 1.29 is 0 Å². The molecule has 1 atom stereocenters. The van der Waals surface area contributed by atoms with E-state index in [0.29, 0.717) is 5.25 Å². The molecule has 4 heteroatoms. The molecule has 0 N–H and O–H groups in total. The summed E-state index contributed by atoms with van der Waals surface area (Å²) in [5.74, 6) is 0. The average molecular weight is 446 g/mol. The van der Waals surface area contributed by atoms with Crippen LogP contribution >= 0.6 is 34.4 Å². The third-order valence-electron chi connectivity index (χ3n) is 6.04. The van der Waals surface area contributed by atoms with E-state index in [2.05, 4.69) is 69.5 Å². The van der Waals surface area contributed by atoms with E-state index in [0.717, 1.165) is 12.1 Å². The lowest BCUT2D eigenvalue weighted by atomic mass is 9.84. The summed E-state index contributed by atoms with van der Waals surface area (Å²) < 4.78 is 4.12. The van der Waals surface area contributed by atoms with Gasteiger partial charge in [-0.05, 0) is 64.1 Å². The van der Waals surface area contributed by atoms with Gasteiger partial charge in [-0.15, -0.1) is 34.4 Å². The lowest BCUT2D eigenvalue weighted by molar-refractivity contribution is 0.597.